The second-order valence-corrected chi connectivity index (χ2v) is 2.92. The van der Waals surface area contributed by atoms with E-state index in [1.54, 1.807) is 0 Å². The number of carbonyl (C=O) groups excluding carboxylic acids is 2. The molecule has 0 atom stereocenters. The zero-order chi connectivity index (χ0) is 9.84. The largest absolute Gasteiger partial charge is 0.381 e. The summed E-state index contributed by atoms with van der Waals surface area (Å²) < 4.78 is 0. The molecular formula is C8H13N3O2. The summed E-state index contributed by atoms with van der Waals surface area (Å²) in [6, 6.07) is -0.559. The van der Waals surface area contributed by atoms with Crippen molar-refractivity contribution in [3.05, 3.63) is 11.3 Å². The van der Waals surface area contributed by atoms with Gasteiger partial charge in [-0.3, -0.25) is 4.79 Å². The second-order valence-electron chi connectivity index (χ2n) is 2.92. The molecule has 0 saturated heterocycles. The van der Waals surface area contributed by atoms with Gasteiger partial charge in [0.25, 0.3) is 0 Å². The van der Waals surface area contributed by atoms with Gasteiger partial charge in [0.05, 0.1) is 6.54 Å². The summed E-state index contributed by atoms with van der Waals surface area (Å²) in [4.78, 5) is 21.5. The van der Waals surface area contributed by atoms with Crippen molar-refractivity contribution in [1.29, 1.82) is 0 Å². The average molecular weight is 183 g/mol. The van der Waals surface area contributed by atoms with Crippen LogP contribution in [-0.4, -0.2) is 24.9 Å². The maximum Gasteiger partial charge on any atom is 0.312 e. The van der Waals surface area contributed by atoms with Crippen LogP contribution in [0.3, 0.4) is 0 Å². The summed E-state index contributed by atoms with van der Waals surface area (Å²) in [6.07, 6.45) is 0.542. The fourth-order valence-corrected chi connectivity index (χ4v) is 1.27. The molecule has 0 aromatic rings. The van der Waals surface area contributed by atoms with E-state index in [2.05, 4.69) is 10.6 Å². The monoisotopic (exact) mass is 183 g/mol. The summed E-state index contributed by atoms with van der Waals surface area (Å²) in [5, 5.41) is 5.38. The molecular weight excluding hydrogens is 170 g/mol. The van der Waals surface area contributed by atoms with E-state index >= 15 is 0 Å². The van der Waals surface area contributed by atoms with E-state index in [0.717, 1.165) is 11.3 Å². The normalized spacial score (nSPS) is 15.9. The molecule has 0 aromatic heterocycles. The average Bonchev–Trinajstić information content (AvgIpc) is 2.34. The van der Waals surface area contributed by atoms with Gasteiger partial charge >= 0.3 is 6.03 Å². The van der Waals surface area contributed by atoms with Gasteiger partial charge in [-0.05, 0) is 13.3 Å². The highest BCUT2D eigenvalue weighted by atomic mass is 16.2. The Morgan fingerprint density at radius 1 is 1.69 bits per heavy atom. The Hall–Kier alpha value is -1.52. The fourth-order valence-electron chi connectivity index (χ4n) is 1.27. The smallest absolute Gasteiger partial charge is 0.312 e. The van der Waals surface area contributed by atoms with Crippen molar-refractivity contribution in [2.75, 3.05) is 13.1 Å². The summed E-state index contributed by atoms with van der Waals surface area (Å²) in [7, 11) is 0. The minimum absolute atomic E-state index is 0.101. The van der Waals surface area contributed by atoms with Gasteiger partial charge < -0.3 is 16.4 Å². The lowest BCUT2D eigenvalue weighted by atomic mass is 10.1. The van der Waals surface area contributed by atoms with Gasteiger partial charge in [0.2, 0.25) is 0 Å². The maximum absolute atomic E-state index is 11.2. The van der Waals surface area contributed by atoms with Crippen LogP contribution in [0.15, 0.2) is 11.3 Å². The second kappa shape index (κ2) is 3.93. The first-order valence-corrected chi connectivity index (χ1v) is 4.11. The highest BCUT2D eigenvalue weighted by Crippen LogP contribution is 2.12. The van der Waals surface area contributed by atoms with Gasteiger partial charge in [0, 0.05) is 17.8 Å². The standard InChI is InChI=1S/C8H13N3O2/c1-5-6(7(12)4-11-5)2-3-10-8(9)13/h11H,2-4H2,1H3,(H3,9,10,13). The third-order valence-electron chi connectivity index (χ3n) is 1.98. The van der Waals surface area contributed by atoms with E-state index in [1.165, 1.54) is 0 Å². The molecule has 0 bridgehead atoms. The zero-order valence-corrected chi connectivity index (χ0v) is 7.52. The molecule has 0 spiro atoms. The van der Waals surface area contributed by atoms with Crippen molar-refractivity contribution in [3.8, 4) is 0 Å². The van der Waals surface area contributed by atoms with Crippen molar-refractivity contribution < 1.29 is 9.59 Å². The minimum Gasteiger partial charge on any atom is -0.381 e. The summed E-state index contributed by atoms with van der Waals surface area (Å²) in [6.45, 7) is 2.64. The summed E-state index contributed by atoms with van der Waals surface area (Å²) in [5.74, 6) is 0.101. The predicted octanol–water partition coefficient (Wildman–Crippen LogP) is -0.509. The van der Waals surface area contributed by atoms with Crippen molar-refractivity contribution in [2.24, 2.45) is 5.73 Å². The number of amides is 2. The Bertz CT molecular complexity index is 271. The van der Waals surface area contributed by atoms with Gasteiger partial charge in [-0.2, -0.15) is 0 Å². The molecule has 72 valence electrons. The topological polar surface area (TPSA) is 84.2 Å². The van der Waals surface area contributed by atoms with Crippen molar-refractivity contribution >= 4 is 11.8 Å². The van der Waals surface area contributed by atoms with Gasteiger partial charge in [-0.1, -0.05) is 0 Å². The summed E-state index contributed by atoms with van der Waals surface area (Å²) >= 11 is 0. The van der Waals surface area contributed by atoms with Crippen molar-refractivity contribution in [2.45, 2.75) is 13.3 Å². The summed E-state index contributed by atoms with van der Waals surface area (Å²) in [5.41, 5.74) is 6.54. The molecule has 4 N–H and O–H groups in total. The minimum atomic E-state index is -0.559. The number of Topliss-reactive ketones (excluding diaryl/α,β-unsaturated/α-hetero) is 1. The first-order valence-electron chi connectivity index (χ1n) is 4.11. The Balaban J connectivity index is 2.40. The number of rotatable bonds is 3. The first kappa shape index (κ1) is 9.57. The Morgan fingerprint density at radius 2 is 2.38 bits per heavy atom. The van der Waals surface area contributed by atoms with Crippen molar-refractivity contribution in [3.63, 3.8) is 0 Å². The molecule has 13 heavy (non-hydrogen) atoms. The number of hydrogen-bond donors (Lipinski definition) is 3. The van der Waals surface area contributed by atoms with Crippen LogP contribution in [0.4, 0.5) is 4.79 Å². The van der Waals surface area contributed by atoms with Crippen LogP contribution >= 0.6 is 0 Å². The maximum atomic E-state index is 11.2. The van der Waals surface area contributed by atoms with Crippen LogP contribution in [0.1, 0.15) is 13.3 Å². The molecule has 1 rings (SSSR count). The lowest BCUT2D eigenvalue weighted by Gasteiger charge is -2.02. The van der Waals surface area contributed by atoms with E-state index in [4.69, 9.17) is 5.73 Å². The fraction of sp³-hybridized carbons (Fsp3) is 0.500. The highest BCUT2D eigenvalue weighted by molar-refractivity contribution is 5.99. The SMILES string of the molecule is CC1=C(CCNC(N)=O)C(=O)CN1. The van der Waals surface area contributed by atoms with Crippen LogP contribution in [0.2, 0.25) is 0 Å². The van der Waals surface area contributed by atoms with Gasteiger partial charge in [0.15, 0.2) is 5.78 Å². The van der Waals surface area contributed by atoms with Crippen LogP contribution in [0.25, 0.3) is 0 Å². The van der Waals surface area contributed by atoms with Crippen LogP contribution in [0.5, 0.6) is 0 Å². The molecule has 0 fully saturated rings. The molecule has 2 amide bonds. The van der Waals surface area contributed by atoms with E-state index in [1.807, 2.05) is 6.92 Å². The van der Waals surface area contributed by atoms with E-state index in [9.17, 15) is 9.59 Å². The van der Waals surface area contributed by atoms with Gasteiger partial charge in [-0.25, -0.2) is 4.79 Å². The molecule has 0 aliphatic carbocycles. The predicted molar refractivity (Wildman–Crippen MR) is 47.9 cm³/mol. The molecule has 5 heteroatoms. The quantitative estimate of drug-likeness (QED) is 0.551. The number of urea groups is 1. The molecule has 1 aliphatic rings. The number of hydrogen-bond acceptors (Lipinski definition) is 3. The molecule has 1 heterocycles. The number of primary amides is 1. The first-order chi connectivity index (χ1) is 6.11. The molecule has 5 nitrogen and oxygen atoms in total. The number of allylic oxidation sites excluding steroid dienone is 1. The van der Waals surface area contributed by atoms with Crippen molar-refractivity contribution in [1.82, 2.24) is 10.6 Å². The lowest BCUT2D eigenvalue weighted by Crippen LogP contribution is -2.30. The highest BCUT2D eigenvalue weighted by Gasteiger charge is 2.18. The molecule has 1 aliphatic heterocycles. The van der Waals surface area contributed by atoms with E-state index in [-0.39, 0.29) is 5.78 Å². The lowest BCUT2D eigenvalue weighted by molar-refractivity contribution is -0.114. The molecule has 0 aromatic carbocycles. The van der Waals surface area contributed by atoms with E-state index < -0.39 is 6.03 Å². The zero-order valence-electron chi connectivity index (χ0n) is 7.52. The number of nitrogens with one attached hydrogen (secondary N) is 2. The number of ketones is 1. The number of carbonyl (C=O) groups is 2. The third-order valence-corrected chi connectivity index (χ3v) is 1.98. The van der Waals surface area contributed by atoms with Gasteiger partial charge in [-0.15, -0.1) is 0 Å². The third kappa shape index (κ3) is 2.47. The Morgan fingerprint density at radius 3 is 2.85 bits per heavy atom. The van der Waals surface area contributed by atoms with Crippen LogP contribution < -0.4 is 16.4 Å². The van der Waals surface area contributed by atoms with E-state index in [0.29, 0.717) is 19.5 Å². The van der Waals surface area contributed by atoms with Gasteiger partial charge in [0.1, 0.15) is 0 Å². The molecule has 0 saturated carbocycles. The number of nitrogens with two attached hydrogens (primary N) is 1. The Kier molecular flexibility index (Phi) is 2.89. The molecule has 0 unspecified atom stereocenters. The Labute approximate surface area is 76.4 Å². The van der Waals surface area contributed by atoms with Crippen LogP contribution in [0, 0.1) is 0 Å². The molecule has 0 radical (unpaired) electrons. The van der Waals surface area contributed by atoms with Crippen LogP contribution in [-0.2, 0) is 4.79 Å².